The lowest BCUT2D eigenvalue weighted by Gasteiger charge is -2.24. The highest BCUT2D eigenvalue weighted by Gasteiger charge is 2.28. The van der Waals surface area contributed by atoms with Crippen LogP contribution in [0, 0.1) is 5.92 Å². The van der Waals surface area contributed by atoms with Gasteiger partial charge in [0.1, 0.15) is 6.04 Å². The number of aliphatic carboxylic acids is 1. The molecular formula is C14H26N2O4. The van der Waals surface area contributed by atoms with Gasteiger partial charge in [0.25, 0.3) is 0 Å². The summed E-state index contributed by atoms with van der Waals surface area (Å²) in [5.41, 5.74) is 0. The van der Waals surface area contributed by atoms with E-state index in [0.29, 0.717) is 31.9 Å². The summed E-state index contributed by atoms with van der Waals surface area (Å²) in [5.74, 6) is -0.388. The Balaban J connectivity index is 2.45. The Labute approximate surface area is 120 Å². The zero-order valence-corrected chi connectivity index (χ0v) is 12.4. The Morgan fingerprint density at radius 2 is 2.15 bits per heavy atom. The average Bonchev–Trinajstić information content (AvgIpc) is 3.21. The summed E-state index contributed by atoms with van der Waals surface area (Å²) >= 11 is 0. The third-order valence-corrected chi connectivity index (χ3v) is 3.39. The molecule has 0 heterocycles. The lowest BCUT2D eigenvalue weighted by Crippen LogP contribution is -2.48. The Morgan fingerprint density at radius 3 is 2.65 bits per heavy atom. The maximum atomic E-state index is 12.2. The number of carboxylic acid groups (broad SMARTS) is 1. The fourth-order valence-electron chi connectivity index (χ4n) is 2.09. The number of amides is 2. The number of methoxy groups -OCH3 is 1. The van der Waals surface area contributed by atoms with Gasteiger partial charge in [-0.15, -0.1) is 0 Å². The van der Waals surface area contributed by atoms with Gasteiger partial charge < -0.3 is 20.1 Å². The van der Waals surface area contributed by atoms with Crippen molar-refractivity contribution in [2.45, 2.75) is 45.1 Å². The van der Waals surface area contributed by atoms with E-state index in [1.54, 1.807) is 12.0 Å². The molecule has 2 N–H and O–H groups in total. The van der Waals surface area contributed by atoms with Crippen molar-refractivity contribution in [3.05, 3.63) is 0 Å². The molecule has 1 atom stereocenters. The van der Waals surface area contributed by atoms with Gasteiger partial charge in [0.2, 0.25) is 0 Å². The molecule has 0 aliphatic heterocycles. The van der Waals surface area contributed by atoms with Crippen LogP contribution in [-0.4, -0.2) is 54.9 Å². The highest BCUT2D eigenvalue weighted by Crippen LogP contribution is 2.29. The fraction of sp³-hybridized carbons (Fsp3) is 0.857. The predicted molar refractivity (Wildman–Crippen MR) is 75.7 cm³/mol. The molecule has 0 saturated heterocycles. The van der Waals surface area contributed by atoms with E-state index in [9.17, 15) is 9.59 Å². The topological polar surface area (TPSA) is 78.9 Å². The number of carbonyl (C=O) groups is 2. The molecule has 0 bridgehead atoms. The Hall–Kier alpha value is -1.30. The zero-order chi connectivity index (χ0) is 15.0. The van der Waals surface area contributed by atoms with E-state index in [2.05, 4.69) is 5.32 Å². The first-order valence-electron chi connectivity index (χ1n) is 7.35. The van der Waals surface area contributed by atoms with Gasteiger partial charge in [0.15, 0.2) is 0 Å². The number of rotatable bonds is 10. The lowest BCUT2D eigenvalue weighted by atomic mass is 10.1. The molecule has 6 nitrogen and oxygen atoms in total. The van der Waals surface area contributed by atoms with Gasteiger partial charge in [-0.3, -0.25) is 0 Å². The van der Waals surface area contributed by atoms with Gasteiger partial charge >= 0.3 is 12.0 Å². The second kappa shape index (κ2) is 8.79. The van der Waals surface area contributed by atoms with Gasteiger partial charge in [0, 0.05) is 26.8 Å². The van der Waals surface area contributed by atoms with Gasteiger partial charge in [-0.05, 0) is 38.0 Å². The summed E-state index contributed by atoms with van der Waals surface area (Å²) in [7, 11) is 1.58. The summed E-state index contributed by atoms with van der Waals surface area (Å²) in [5, 5.41) is 11.8. The molecule has 20 heavy (non-hydrogen) atoms. The quantitative estimate of drug-likeness (QED) is 0.599. The molecule has 1 fully saturated rings. The van der Waals surface area contributed by atoms with Crippen LogP contribution < -0.4 is 5.32 Å². The SMILES string of the molecule is CCCN(CC1CC1)C(=O)NC(CCCOC)C(=O)O. The van der Waals surface area contributed by atoms with E-state index in [1.165, 1.54) is 12.8 Å². The molecule has 116 valence electrons. The van der Waals surface area contributed by atoms with Crippen LogP contribution in [0.2, 0.25) is 0 Å². The summed E-state index contributed by atoms with van der Waals surface area (Å²) in [6.07, 6.45) is 4.22. The number of carbonyl (C=O) groups excluding carboxylic acids is 1. The molecule has 0 aromatic carbocycles. The number of hydrogen-bond acceptors (Lipinski definition) is 3. The Morgan fingerprint density at radius 1 is 1.45 bits per heavy atom. The number of carboxylic acids is 1. The number of nitrogens with zero attached hydrogens (tertiary/aromatic N) is 1. The molecule has 1 aliphatic carbocycles. The van der Waals surface area contributed by atoms with Crippen LogP contribution in [0.15, 0.2) is 0 Å². The number of ether oxygens (including phenoxy) is 1. The van der Waals surface area contributed by atoms with Gasteiger partial charge in [0.05, 0.1) is 0 Å². The monoisotopic (exact) mass is 286 g/mol. The van der Waals surface area contributed by atoms with Gasteiger partial charge in [-0.2, -0.15) is 0 Å². The van der Waals surface area contributed by atoms with Crippen LogP contribution in [-0.2, 0) is 9.53 Å². The van der Waals surface area contributed by atoms with Crippen LogP contribution in [0.1, 0.15) is 39.0 Å². The smallest absolute Gasteiger partial charge is 0.326 e. The van der Waals surface area contributed by atoms with Crippen molar-refractivity contribution >= 4 is 12.0 Å². The molecule has 0 aromatic rings. The van der Waals surface area contributed by atoms with E-state index in [4.69, 9.17) is 9.84 Å². The van der Waals surface area contributed by atoms with E-state index < -0.39 is 12.0 Å². The van der Waals surface area contributed by atoms with Crippen LogP contribution in [0.3, 0.4) is 0 Å². The largest absolute Gasteiger partial charge is 0.480 e. The van der Waals surface area contributed by atoms with Crippen LogP contribution >= 0.6 is 0 Å². The first-order chi connectivity index (χ1) is 9.58. The molecule has 1 rings (SSSR count). The molecule has 1 saturated carbocycles. The fourth-order valence-corrected chi connectivity index (χ4v) is 2.09. The highest BCUT2D eigenvalue weighted by atomic mass is 16.5. The van der Waals surface area contributed by atoms with Crippen molar-refractivity contribution in [2.24, 2.45) is 5.92 Å². The normalized spacial score (nSPS) is 15.7. The highest BCUT2D eigenvalue weighted by molar-refractivity contribution is 5.82. The van der Waals surface area contributed by atoms with Crippen molar-refractivity contribution < 1.29 is 19.4 Å². The van der Waals surface area contributed by atoms with E-state index in [-0.39, 0.29) is 6.03 Å². The van der Waals surface area contributed by atoms with Crippen molar-refractivity contribution in [3.8, 4) is 0 Å². The van der Waals surface area contributed by atoms with Crippen molar-refractivity contribution in [3.63, 3.8) is 0 Å². The number of hydrogen-bond donors (Lipinski definition) is 2. The summed E-state index contributed by atoms with van der Waals surface area (Å²) in [6.45, 7) is 3.93. The maximum Gasteiger partial charge on any atom is 0.326 e. The second-order valence-corrected chi connectivity index (χ2v) is 5.36. The Bertz CT molecular complexity index is 318. The van der Waals surface area contributed by atoms with Crippen LogP contribution in [0.4, 0.5) is 4.79 Å². The van der Waals surface area contributed by atoms with Crippen molar-refractivity contribution in [1.29, 1.82) is 0 Å². The van der Waals surface area contributed by atoms with Gasteiger partial charge in [-0.25, -0.2) is 9.59 Å². The molecule has 6 heteroatoms. The van der Waals surface area contributed by atoms with Crippen LogP contribution in [0.5, 0.6) is 0 Å². The summed E-state index contributed by atoms with van der Waals surface area (Å²) < 4.78 is 4.91. The third-order valence-electron chi connectivity index (χ3n) is 3.39. The van der Waals surface area contributed by atoms with Crippen molar-refractivity contribution in [2.75, 3.05) is 26.8 Å². The minimum Gasteiger partial charge on any atom is -0.480 e. The number of urea groups is 1. The predicted octanol–water partition coefficient (Wildman–Crippen LogP) is 1.70. The first-order valence-corrected chi connectivity index (χ1v) is 7.35. The molecule has 1 aliphatic rings. The summed E-state index contributed by atoms with van der Waals surface area (Å²) in [4.78, 5) is 25.1. The van der Waals surface area contributed by atoms with E-state index >= 15 is 0 Å². The standard InChI is InChI=1S/C14H26N2O4/c1-3-8-16(10-11-6-7-11)14(19)15-12(13(17)18)5-4-9-20-2/h11-12H,3-10H2,1-2H3,(H,15,19)(H,17,18). The molecule has 1 unspecified atom stereocenters. The summed E-state index contributed by atoms with van der Waals surface area (Å²) in [6, 6.07) is -1.10. The molecule has 0 spiro atoms. The van der Waals surface area contributed by atoms with Crippen LogP contribution in [0.25, 0.3) is 0 Å². The third kappa shape index (κ3) is 6.23. The molecular weight excluding hydrogens is 260 g/mol. The Kier molecular flexibility index (Phi) is 7.36. The molecule has 0 aromatic heterocycles. The zero-order valence-electron chi connectivity index (χ0n) is 12.4. The average molecular weight is 286 g/mol. The lowest BCUT2D eigenvalue weighted by molar-refractivity contribution is -0.139. The maximum absolute atomic E-state index is 12.2. The minimum absolute atomic E-state index is 0.261. The molecule has 0 radical (unpaired) electrons. The number of nitrogens with one attached hydrogen (secondary N) is 1. The second-order valence-electron chi connectivity index (χ2n) is 5.36. The van der Waals surface area contributed by atoms with Crippen molar-refractivity contribution in [1.82, 2.24) is 10.2 Å². The minimum atomic E-state index is -0.989. The first kappa shape index (κ1) is 16.8. The van der Waals surface area contributed by atoms with E-state index in [1.807, 2.05) is 6.92 Å². The molecule has 2 amide bonds. The van der Waals surface area contributed by atoms with E-state index in [0.717, 1.165) is 13.0 Å². The van der Waals surface area contributed by atoms with Gasteiger partial charge in [-0.1, -0.05) is 6.92 Å².